The van der Waals surface area contributed by atoms with Crippen molar-refractivity contribution in [2.45, 2.75) is 5.92 Å². The van der Waals surface area contributed by atoms with Crippen LogP contribution in [0.2, 0.25) is 0 Å². The number of amides is 2. The predicted molar refractivity (Wildman–Crippen MR) is 127 cm³/mol. The van der Waals surface area contributed by atoms with Gasteiger partial charge in [-0.25, -0.2) is 5.43 Å². The Kier molecular flexibility index (Phi) is 7.97. The van der Waals surface area contributed by atoms with Crippen molar-refractivity contribution in [2.75, 3.05) is 6.54 Å². The van der Waals surface area contributed by atoms with E-state index in [0.29, 0.717) is 14.5 Å². The second kappa shape index (κ2) is 10.9. The summed E-state index contributed by atoms with van der Waals surface area (Å²) in [6.07, 6.45) is 1.44. The van der Waals surface area contributed by atoms with Gasteiger partial charge >= 0.3 is 0 Å². The van der Waals surface area contributed by atoms with Gasteiger partial charge in [-0.05, 0) is 60.7 Å². The molecule has 0 saturated heterocycles. The maximum atomic E-state index is 12.9. The third-order valence-corrected chi connectivity index (χ3v) is 5.60. The largest absolute Gasteiger partial charge is 0.506 e. The van der Waals surface area contributed by atoms with Crippen molar-refractivity contribution in [3.8, 4) is 5.75 Å². The van der Waals surface area contributed by atoms with Crippen LogP contribution in [0.25, 0.3) is 0 Å². The van der Waals surface area contributed by atoms with E-state index in [1.54, 1.807) is 12.1 Å². The summed E-state index contributed by atoms with van der Waals surface area (Å²) in [6.45, 7) is -0.213. The van der Waals surface area contributed by atoms with Gasteiger partial charge in [0, 0.05) is 0 Å². The number of carbonyl (C=O) groups is 2. The lowest BCUT2D eigenvalue weighted by Gasteiger charge is -2.17. The Morgan fingerprint density at radius 2 is 1.45 bits per heavy atom. The molecule has 0 radical (unpaired) electrons. The van der Waals surface area contributed by atoms with E-state index in [9.17, 15) is 14.7 Å². The molecule has 31 heavy (non-hydrogen) atoms. The molecule has 3 aromatic carbocycles. The molecule has 0 aliphatic heterocycles. The number of hydrazone groups is 1. The van der Waals surface area contributed by atoms with Crippen LogP contribution in [0.4, 0.5) is 0 Å². The van der Waals surface area contributed by atoms with E-state index in [0.717, 1.165) is 11.1 Å². The number of benzene rings is 3. The summed E-state index contributed by atoms with van der Waals surface area (Å²) in [5.41, 5.74) is 4.72. The molecule has 0 aromatic heterocycles. The topological polar surface area (TPSA) is 90.8 Å². The van der Waals surface area contributed by atoms with E-state index in [1.807, 2.05) is 60.7 Å². The lowest BCUT2D eigenvalue weighted by atomic mass is 9.90. The minimum absolute atomic E-state index is 0.0790. The molecule has 3 rings (SSSR count). The summed E-state index contributed by atoms with van der Waals surface area (Å²) in [6, 6.07) is 22.1. The lowest BCUT2D eigenvalue weighted by Crippen LogP contribution is -2.37. The summed E-state index contributed by atoms with van der Waals surface area (Å²) in [5.74, 6) is -1.18. The maximum Gasteiger partial charge on any atom is 0.259 e. The zero-order valence-electron chi connectivity index (χ0n) is 16.3. The van der Waals surface area contributed by atoms with Gasteiger partial charge in [0.05, 0.1) is 27.6 Å². The average molecular weight is 545 g/mol. The first-order chi connectivity index (χ1) is 15.0. The van der Waals surface area contributed by atoms with E-state index < -0.39 is 11.8 Å². The Morgan fingerprint density at radius 3 is 1.97 bits per heavy atom. The zero-order chi connectivity index (χ0) is 22.2. The van der Waals surface area contributed by atoms with Crippen LogP contribution in [-0.2, 0) is 9.59 Å². The Labute approximate surface area is 196 Å². The van der Waals surface area contributed by atoms with E-state index >= 15 is 0 Å². The van der Waals surface area contributed by atoms with Crippen LogP contribution in [0.3, 0.4) is 0 Å². The fourth-order valence-corrected chi connectivity index (χ4v) is 4.16. The molecule has 0 fully saturated rings. The SMILES string of the molecule is O=C(CNC(=O)C(c1ccccc1)c1ccccc1)N/N=C/c1cc(Br)c(O)c(Br)c1. The van der Waals surface area contributed by atoms with Crippen LogP contribution < -0.4 is 10.7 Å². The van der Waals surface area contributed by atoms with Crippen molar-refractivity contribution in [3.63, 3.8) is 0 Å². The minimum Gasteiger partial charge on any atom is -0.506 e. The number of rotatable bonds is 7. The number of halogens is 2. The van der Waals surface area contributed by atoms with Crippen LogP contribution in [0.5, 0.6) is 5.75 Å². The Morgan fingerprint density at radius 1 is 0.935 bits per heavy atom. The lowest BCUT2D eigenvalue weighted by molar-refractivity contribution is -0.126. The average Bonchev–Trinajstić information content (AvgIpc) is 2.77. The Hall–Kier alpha value is -2.97. The number of nitrogens with zero attached hydrogens (tertiary/aromatic N) is 1. The van der Waals surface area contributed by atoms with E-state index in [4.69, 9.17) is 0 Å². The van der Waals surface area contributed by atoms with Gasteiger partial charge in [0.25, 0.3) is 5.91 Å². The van der Waals surface area contributed by atoms with Crippen molar-refractivity contribution in [3.05, 3.63) is 98.4 Å². The number of nitrogens with one attached hydrogen (secondary N) is 2. The molecule has 0 spiro atoms. The van der Waals surface area contributed by atoms with Crippen LogP contribution in [0.15, 0.2) is 86.8 Å². The smallest absolute Gasteiger partial charge is 0.259 e. The Bertz CT molecular complexity index is 1030. The summed E-state index contributed by atoms with van der Waals surface area (Å²) < 4.78 is 0.990. The van der Waals surface area contributed by atoms with Gasteiger partial charge < -0.3 is 10.4 Å². The normalized spacial score (nSPS) is 10.9. The summed E-state index contributed by atoms with van der Waals surface area (Å²) in [4.78, 5) is 25.0. The van der Waals surface area contributed by atoms with Crippen molar-refractivity contribution in [1.29, 1.82) is 0 Å². The minimum atomic E-state index is -0.523. The fourth-order valence-electron chi connectivity index (χ4n) is 2.93. The Balaban J connectivity index is 1.61. The quantitative estimate of drug-likeness (QED) is 0.306. The highest BCUT2D eigenvalue weighted by atomic mass is 79.9. The first-order valence-corrected chi connectivity index (χ1v) is 10.9. The van der Waals surface area contributed by atoms with E-state index in [2.05, 4.69) is 47.7 Å². The van der Waals surface area contributed by atoms with Crippen LogP contribution in [0.1, 0.15) is 22.6 Å². The number of aromatic hydroxyl groups is 1. The molecule has 158 valence electrons. The second-order valence-electron chi connectivity index (χ2n) is 6.60. The van der Waals surface area contributed by atoms with Crippen molar-refractivity contribution in [1.82, 2.24) is 10.7 Å². The first kappa shape index (κ1) is 22.7. The van der Waals surface area contributed by atoms with Gasteiger partial charge in [0.2, 0.25) is 5.91 Å². The zero-order valence-corrected chi connectivity index (χ0v) is 19.4. The van der Waals surface area contributed by atoms with Gasteiger partial charge in [-0.1, -0.05) is 60.7 Å². The standard InChI is InChI=1S/C23H19Br2N3O3/c24-18-11-15(12-19(25)22(18)30)13-27-28-20(29)14-26-23(31)21(16-7-3-1-4-8-16)17-9-5-2-6-10-17/h1-13,21,30H,14H2,(H,26,31)(H,28,29)/b27-13+. The molecule has 3 N–H and O–H groups in total. The van der Waals surface area contributed by atoms with Gasteiger partial charge in [0.15, 0.2) is 0 Å². The third-order valence-electron chi connectivity index (χ3n) is 4.39. The molecule has 6 nitrogen and oxygen atoms in total. The van der Waals surface area contributed by atoms with Crippen molar-refractivity contribution < 1.29 is 14.7 Å². The van der Waals surface area contributed by atoms with E-state index in [1.165, 1.54) is 6.21 Å². The van der Waals surface area contributed by atoms with E-state index in [-0.39, 0.29) is 18.2 Å². The fraction of sp³-hybridized carbons (Fsp3) is 0.0870. The van der Waals surface area contributed by atoms with Crippen LogP contribution >= 0.6 is 31.9 Å². The highest BCUT2D eigenvalue weighted by Gasteiger charge is 2.22. The number of phenols is 1. The first-order valence-electron chi connectivity index (χ1n) is 9.33. The highest BCUT2D eigenvalue weighted by Crippen LogP contribution is 2.32. The third kappa shape index (κ3) is 6.26. The van der Waals surface area contributed by atoms with Crippen LogP contribution in [0, 0.1) is 0 Å². The molecule has 0 atom stereocenters. The number of carbonyl (C=O) groups excluding carboxylic acids is 2. The monoisotopic (exact) mass is 543 g/mol. The molecule has 8 heteroatoms. The number of hydrogen-bond acceptors (Lipinski definition) is 4. The number of phenolic OH excluding ortho intramolecular Hbond substituents is 1. The van der Waals surface area contributed by atoms with Crippen molar-refractivity contribution >= 4 is 49.9 Å². The van der Waals surface area contributed by atoms with Crippen molar-refractivity contribution in [2.24, 2.45) is 5.10 Å². The van der Waals surface area contributed by atoms with Gasteiger partial charge in [-0.2, -0.15) is 5.10 Å². The number of hydrogen-bond donors (Lipinski definition) is 3. The molecule has 0 aliphatic rings. The summed E-state index contributed by atoms with van der Waals surface area (Å²) >= 11 is 6.47. The molecule has 0 heterocycles. The molecule has 2 amide bonds. The molecule has 3 aromatic rings. The summed E-state index contributed by atoms with van der Waals surface area (Å²) in [5, 5.41) is 16.3. The summed E-state index contributed by atoms with van der Waals surface area (Å²) in [7, 11) is 0. The molecule has 0 bridgehead atoms. The molecule has 0 aliphatic carbocycles. The molecular formula is C23H19Br2N3O3. The van der Waals surface area contributed by atoms with Gasteiger partial charge in [-0.15, -0.1) is 0 Å². The predicted octanol–water partition coefficient (Wildman–Crippen LogP) is 4.32. The van der Waals surface area contributed by atoms with Gasteiger partial charge in [0.1, 0.15) is 5.75 Å². The maximum absolute atomic E-state index is 12.9. The molecule has 0 saturated carbocycles. The van der Waals surface area contributed by atoms with Crippen LogP contribution in [-0.4, -0.2) is 29.7 Å². The molecule has 0 unspecified atom stereocenters. The second-order valence-corrected chi connectivity index (χ2v) is 8.31. The van der Waals surface area contributed by atoms with Gasteiger partial charge in [-0.3, -0.25) is 9.59 Å². The highest BCUT2D eigenvalue weighted by molar-refractivity contribution is 9.11. The molecular weight excluding hydrogens is 526 g/mol.